The number of rotatable bonds is 31. The lowest BCUT2D eigenvalue weighted by Crippen LogP contribution is -2.23. The number of aliphatic hydroxyl groups excluding tert-OH is 1. The molecule has 0 atom stereocenters. The van der Waals surface area contributed by atoms with Crippen molar-refractivity contribution >= 4 is 5.91 Å². The highest BCUT2D eigenvalue weighted by atomic mass is 16.2. The zero-order valence-electron chi connectivity index (χ0n) is 24.8. The molecule has 0 aliphatic rings. The molecule has 3 heteroatoms. The zero-order valence-corrected chi connectivity index (χ0v) is 24.8. The standard InChI is InChI=1S/C33H67NO2/c1-2-3-4-5-6-7-8-9-10-11-13-16-19-22-25-28-31-34-33(36)30-27-24-21-18-15-12-14-17-20-23-26-29-32-35/h35H,2-32H2,1H3,(H,34,36). The van der Waals surface area contributed by atoms with Gasteiger partial charge < -0.3 is 10.4 Å². The van der Waals surface area contributed by atoms with Crippen molar-refractivity contribution in [2.45, 2.75) is 193 Å². The molecule has 0 bridgehead atoms. The number of carbonyl (C=O) groups is 1. The molecular formula is C33H67NO2. The maximum Gasteiger partial charge on any atom is 0.219 e. The Labute approximate surface area is 227 Å². The monoisotopic (exact) mass is 510 g/mol. The second-order valence-corrected chi connectivity index (χ2v) is 11.4. The maximum atomic E-state index is 12.0. The van der Waals surface area contributed by atoms with Crippen molar-refractivity contribution < 1.29 is 9.90 Å². The molecule has 0 radical (unpaired) electrons. The van der Waals surface area contributed by atoms with Crippen LogP contribution < -0.4 is 5.32 Å². The third-order valence-corrected chi connectivity index (χ3v) is 7.66. The van der Waals surface area contributed by atoms with Crippen molar-refractivity contribution in [2.24, 2.45) is 0 Å². The van der Waals surface area contributed by atoms with Crippen LogP contribution in [-0.4, -0.2) is 24.2 Å². The van der Waals surface area contributed by atoms with E-state index >= 15 is 0 Å². The van der Waals surface area contributed by atoms with Crippen LogP contribution >= 0.6 is 0 Å². The number of nitrogens with one attached hydrogen (secondary N) is 1. The first-order valence-electron chi connectivity index (χ1n) is 16.7. The molecule has 0 unspecified atom stereocenters. The minimum atomic E-state index is 0.261. The Bertz CT molecular complexity index is 412. The topological polar surface area (TPSA) is 49.3 Å². The lowest BCUT2D eigenvalue weighted by Gasteiger charge is -2.06. The van der Waals surface area contributed by atoms with E-state index in [0.29, 0.717) is 13.0 Å². The van der Waals surface area contributed by atoms with E-state index in [0.717, 1.165) is 25.8 Å². The predicted molar refractivity (Wildman–Crippen MR) is 160 cm³/mol. The van der Waals surface area contributed by atoms with Crippen LogP contribution in [0.3, 0.4) is 0 Å². The maximum absolute atomic E-state index is 12.0. The highest BCUT2D eigenvalue weighted by molar-refractivity contribution is 5.75. The van der Waals surface area contributed by atoms with E-state index in [-0.39, 0.29) is 5.91 Å². The molecule has 1 amide bonds. The summed E-state index contributed by atoms with van der Waals surface area (Å²) in [6, 6.07) is 0. The van der Waals surface area contributed by atoms with E-state index in [4.69, 9.17) is 5.11 Å². The van der Waals surface area contributed by atoms with Gasteiger partial charge >= 0.3 is 0 Å². The molecule has 0 saturated heterocycles. The molecule has 2 N–H and O–H groups in total. The average molecular weight is 510 g/mol. The molecule has 0 heterocycles. The summed E-state index contributed by atoms with van der Waals surface area (Å²) in [6.45, 7) is 3.51. The molecule has 216 valence electrons. The summed E-state index contributed by atoms with van der Waals surface area (Å²) >= 11 is 0. The molecule has 0 aromatic rings. The van der Waals surface area contributed by atoms with Crippen molar-refractivity contribution in [3.8, 4) is 0 Å². The van der Waals surface area contributed by atoms with Crippen molar-refractivity contribution in [1.29, 1.82) is 0 Å². The number of hydrogen-bond acceptors (Lipinski definition) is 2. The first kappa shape index (κ1) is 35.4. The molecule has 0 aliphatic carbocycles. The minimum Gasteiger partial charge on any atom is -0.396 e. The molecular weight excluding hydrogens is 442 g/mol. The van der Waals surface area contributed by atoms with E-state index in [1.54, 1.807) is 0 Å². The summed E-state index contributed by atoms with van der Waals surface area (Å²) in [6.07, 6.45) is 38.0. The first-order chi connectivity index (χ1) is 17.8. The number of hydrogen-bond donors (Lipinski definition) is 2. The van der Waals surface area contributed by atoms with Gasteiger partial charge in [-0.3, -0.25) is 4.79 Å². The first-order valence-corrected chi connectivity index (χ1v) is 16.7. The minimum absolute atomic E-state index is 0.261. The fourth-order valence-electron chi connectivity index (χ4n) is 5.15. The Morgan fingerprint density at radius 2 is 0.750 bits per heavy atom. The van der Waals surface area contributed by atoms with Crippen LogP contribution in [0.2, 0.25) is 0 Å². The number of unbranched alkanes of at least 4 members (excludes halogenated alkanes) is 26. The van der Waals surface area contributed by atoms with Crippen LogP contribution in [0.15, 0.2) is 0 Å². The fraction of sp³-hybridized carbons (Fsp3) is 0.970. The molecule has 0 spiro atoms. The van der Waals surface area contributed by atoms with Gasteiger partial charge in [0.05, 0.1) is 0 Å². The van der Waals surface area contributed by atoms with Gasteiger partial charge in [0, 0.05) is 19.6 Å². The smallest absolute Gasteiger partial charge is 0.219 e. The lowest BCUT2D eigenvalue weighted by atomic mass is 10.0. The van der Waals surface area contributed by atoms with Gasteiger partial charge in [0.1, 0.15) is 0 Å². The van der Waals surface area contributed by atoms with Gasteiger partial charge in [0.25, 0.3) is 0 Å². The molecule has 0 aromatic heterocycles. The molecule has 0 saturated carbocycles. The van der Waals surface area contributed by atoms with E-state index in [2.05, 4.69) is 12.2 Å². The van der Waals surface area contributed by atoms with Crippen molar-refractivity contribution in [3.63, 3.8) is 0 Å². The third kappa shape index (κ3) is 31.5. The molecule has 0 fully saturated rings. The quantitative estimate of drug-likeness (QED) is 0.0913. The largest absolute Gasteiger partial charge is 0.396 e. The Balaban J connectivity index is 3.13. The van der Waals surface area contributed by atoms with Gasteiger partial charge in [-0.15, -0.1) is 0 Å². The summed E-state index contributed by atoms with van der Waals surface area (Å²) in [5, 5.41) is 11.9. The Hall–Kier alpha value is -0.570. The normalized spacial score (nSPS) is 11.3. The van der Waals surface area contributed by atoms with Crippen LogP contribution in [-0.2, 0) is 4.79 Å². The lowest BCUT2D eigenvalue weighted by molar-refractivity contribution is -0.121. The van der Waals surface area contributed by atoms with Crippen molar-refractivity contribution in [1.82, 2.24) is 5.32 Å². The zero-order chi connectivity index (χ0) is 26.2. The van der Waals surface area contributed by atoms with Crippen LogP contribution in [0.4, 0.5) is 0 Å². The molecule has 0 aromatic carbocycles. The molecule has 0 rings (SSSR count). The molecule has 36 heavy (non-hydrogen) atoms. The predicted octanol–water partition coefficient (Wildman–Crippen LogP) is 10.4. The average Bonchev–Trinajstić information content (AvgIpc) is 2.88. The highest BCUT2D eigenvalue weighted by Gasteiger charge is 2.01. The third-order valence-electron chi connectivity index (χ3n) is 7.66. The van der Waals surface area contributed by atoms with E-state index in [1.807, 2.05) is 0 Å². The number of amides is 1. The van der Waals surface area contributed by atoms with Gasteiger partial charge in [-0.25, -0.2) is 0 Å². The van der Waals surface area contributed by atoms with Crippen LogP contribution in [0.1, 0.15) is 193 Å². The highest BCUT2D eigenvalue weighted by Crippen LogP contribution is 2.14. The van der Waals surface area contributed by atoms with Crippen LogP contribution in [0.25, 0.3) is 0 Å². The van der Waals surface area contributed by atoms with Gasteiger partial charge in [0.2, 0.25) is 5.91 Å². The molecule has 0 aliphatic heterocycles. The summed E-state index contributed by atoms with van der Waals surface area (Å²) < 4.78 is 0. The Kier molecular flexibility index (Phi) is 31.9. The summed E-state index contributed by atoms with van der Waals surface area (Å²) in [4.78, 5) is 12.0. The van der Waals surface area contributed by atoms with Gasteiger partial charge in [-0.2, -0.15) is 0 Å². The summed E-state index contributed by atoms with van der Waals surface area (Å²) in [7, 11) is 0. The van der Waals surface area contributed by atoms with E-state index < -0.39 is 0 Å². The SMILES string of the molecule is CCCCCCCCCCCCCCCCCCNC(=O)CCCCCCCCCCCCCCO. The van der Waals surface area contributed by atoms with Crippen LogP contribution in [0.5, 0.6) is 0 Å². The van der Waals surface area contributed by atoms with Gasteiger partial charge in [-0.05, 0) is 19.3 Å². The fourth-order valence-corrected chi connectivity index (χ4v) is 5.15. The number of aliphatic hydroxyl groups is 1. The Morgan fingerprint density at radius 1 is 0.444 bits per heavy atom. The van der Waals surface area contributed by atoms with Crippen LogP contribution in [0, 0.1) is 0 Å². The second-order valence-electron chi connectivity index (χ2n) is 11.4. The summed E-state index contributed by atoms with van der Waals surface area (Å²) in [5.74, 6) is 0.261. The second kappa shape index (κ2) is 32.5. The summed E-state index contributed by atoms with van der Waals surface area (Å²) in [5.41, 5.74) is 0. The van der Waals surface area contributed by atoms with Crippen molar-refractivity contribution in [3.05, 3.63) is 0 Å². The van der Waals surface area contributed by atoms with Gasteiger partial charge in [0.15, 0.2) is 0 Å². The van der Waals surface area contributed by atoms with Crippen molar-refractivity contribution in [2.75, 3.05) is 13.2 Å². The Morgan fingerprint density at radius 3 is 1.11 bits per heavy atom. The van der Waals surface area contributed by atoms with E-state index in [9.17, 15) is 4.79 Å². The van der Waals surface area contributed by atoms with E-state index in [1.165, 1.54) is 161 Å². The number of carbonyl (C=O) groups excluding carboxylic acids is 1. The molecule has 3 nitrogen and oxygen atoms in total. The van der Waals surface area contributed by atoms with Gasteiger partial charge in [-0.1, -0.05) is 167 Å².